The first-order valence-corrected chi connectivity index (χ1v) is 12.1. The summed E-state index contributed by atoms with van der Waals surface area (Å²) < 4.78 is 6.50. The molecule has 0 spiro atoms. The molecule has 2 nitrogen and oxygen atoms in total. The minimum absolute atomic E-state index is 0. The zero-order valence-corrected chi connectivity index (χ0v) is 22.4. The van der Waals surface area contributed by atoms with Gasteiger partial charge < -0.3 is 12.2 Å². The van der Waals surface area contributed by atoms with Gasteiger partial charge in [-0.05, 0) is 55.7 Å². The van der Waals surface area contributed by atoms with E-state index in [1.54, 1.807) is 0 Å². The van der Waals surface area contributed by atoms with Gasteiger partial charge in [0.15, 0.2) is 0 Å². The summed E-state index contributed by atoms with van der Waals surface area (Å²) in [5.74, 6) is 0.782. The van der Waals surface area contributed by atoms with E-state index in [0.717, 1.165) is 11.5 Å². The SMILES string of the molecule is CC(C)(C)[C@@H]1N=C(c2ccccc2[PH+](c2ccccc2)c2ccccc2)OC1(C)C.[CH3-].[Pd]. The molecule has 32 heavy (non-hydrogen) atoms. The standard InChI is InChI=1S/C27H30NOP.CH3.Pd/c1-26(2,3)25-27(4,5)29-24(28-25)22-18-12-13-19-23(22)30(20-14-8-6-9-15-20)21-16-10-7-11-17-21;;/h6-19,25H,1-5H3;1H3;/q;-1;/p+1/t25-;;/m0../s1. The van der Waals surface area contributed by atoms with E-state index in [0.29, 0.717) is 0 Å². The van der Waals surface area contributed by atoms with Crippen molar-refractivity contribution in [2.24, 2.45) is 10.4 Å². The Morgan fingerprint density at radius 2 is 1.25 bits per heavy atom. The molecule has 0 saturated carbocycles. The summed E-state index contributed by atoms with van der Waals surface area (Å²) in [6.07, 6.45) is 0. The van der Waals surface area contributed by atoms with Gasteiger partial charge in [-0.25, -0.2) is 4.99 Å². The van der Waals surface area contributed by atoms with E-state index < -0.39 is 7.92 Å². The van der Waals surface area contributed by atoms with E-state index in [9.17, 15) is 0 Å². The van der Waals surface area contributed by atoms with Crippen molar-refractivity contribution in [2.75, 3.05) is 0 Å². The van der Waals surface area contributed by atoms with Gasteiger partial charge in [-0.3, -0.25) is 0 Å². The number of nitrogens with zero attached hydrogens (tertiary/aromatic N) is 1. The number of rotatable bonds is 4. The third kappa shape index (κ3) is 5.40. The van der Waals surface area contributed by atoms with Gasteiger partial charge in [0.1, 0.15) is 21.5 Å². The van der Waals surface area contributed by atoms with Crippen LogP contribution < -0.4 is 15.9 Å². The number of hydrogen-bond acceptors (Lipinski definition) is 2. The topological polar surface area (TPSA) is 21.6 Å². The van der Waals surface area contributed by atoms with Crippen LogP contribution in [0.4, 0.5) is 0 Å². The van der Waals surface area contributed by atoms with E-state index in [4.69, 9.17) is 9.73 Å². The average Bonchev–Trinajstić information content (AvgIpc) is 3.06. The van der Waals surface area contributed by atoms with Crippen LogP contribution in [0.15, 0.2) is 89.9 Å². The molecule has 0 fully saturated rings. The molecule has 0 unspecified atom stereocenters. The van der Waals surface area contributed by atoms with Crippen molar-refractivity contribution >= 4 is 29.7 Å². The molecule has 0 aromatic heterocycles. The van der Waals surface area contributed by atoms with Crippen LogP contribution in [0.3, 0.4) is 0 Å². The van der Waals surface area contributed by atoms with E-state index in [1.807, 2.05) is 0 Å². The van der Waals surface area contributed by atoms with E-state index in [2.05, 4.69) is 120 Å². The number of benzene rings is 3. The largest absolute Gasteiger partial charge is 0.469 e. The molecule has 0 N–H and O–H groups in total. The summed E-state index contributed by atoms with van der Waals surface area (Å²) in [4.78, 5) is 5.12. The Labute approximate surface area is 208 Å². The van der Waals surface area contributed by atoms with Crippen molar-refractivity contribution < 1.29 is 25.2 Å². The summed E-state index contributed by atoms with van der Waals surface area (Å²) in [7, 11) is -1.19. The van der Waals surface area contributed by atoms with Gasteiger partial charge in [0.2, 0.25) is 5.90 Å². The minimum atomic E-state index is -1.19. The van der Waals surface area contributed by atoms with E-state index in [-0.39, 0.29) is 44.9 Å². The van der Waals surface area contributed by atoms with Crippen LogP contribution in [0.25, 0.3) is 0 Å². The normalized spacial score (nSPS) is 17.1. The third-order valence-corrected chi connectivity index (χ3v) is 8.43. The third-order valence-electron chi connectivity index (χ3n) is 5.64. The van der Waals surface area contributed by atoms with Gasteiger partial charge in [-0.1, -0.05) is 69.3 Å². The second-order valence-electron chi connectivity index (χ2n) is 9.56. The molecule has 4 heteroatoms. The van der Waals surface area contributed by atoms with Gasteiger partial charge in [-0.2, -0.15) is 0 Å². The van der Waals surface area contributed by atoms with E-state index >= 15 is 0 Å². The summed E-state index contributed by atoms with van der Waals surface area (Å²) in [6.45, 7) is 11.0. The Morgan fingerprint density at radius 1 is 0.781 bits per heavy atom. The Balaban J connectivity index is 0.00000181. The van der Waals surface area contributed by atoms with Crippen LogP contribution >= 0.6 is 7.92 Å². The average molecular weight is 538 g/mol. The molecule has 0 bridgehead atoms. The van der Waals surface area contributed by atoms with Crippen molar-refractivity contribution in [3.8, 4) is 0 Å². The molecule has 172 valence electrons. The van der Waals surface area contributed by atoms with Crippen molar-refractivity contribution in [1.29, 1.82) is 0 Å². The summed E-state index contributed by atoms with van der Waals surface area (Å²) >= 11 is 0. The molecule has 1 aliphatic heterocycles. The number of hydrogen-bond donors (Lipinski definition) is 0. The van der Waals surface area contributed by atoms with Crippen LogP contribution in [0.2, 0.25) is 0 Å². The van der Waals surface area contributed by atoms with Crippen LogP contribution in [-0.2, 0) is 25.2 Å². The van der Waals surface area contributed by atoms with Gasteiger partial charge >= 0.3 is 0 Å². The fraction of sp³-hybridized carbons (Fsp3) is 0.286. The van der Waals surface area contributed by atoms with Crippen molar-refractivity contribution in [3.63, 3.8) is 0 Å². The van der Waals surface area contributed by atoms with Crippen molar-refractivity contribution in [1.82, 2.24) is 0 Å². The first-order valence-electron chi connectivity index (χ1n) is 10.6. The molecule has 0 radical (unpaired) electrons. The number of aliphatic imine (C=N–C) groups is 1. The maximum atomic E-state index is 6.50. The summed E-state index contributed by atoms with van der Waals surface area (Å²) in [6, 6.07) is 30.5. The molecule has 0 aliphatic carbocycles. The first-order chi connectivity index (χ1) is 14.3. The first kappa shape index (κ1) is 26.5. The molecule has 0 amide bonds. The van der Waals surface area contributed by atoms with Gasteiger partial charge in [-0.15, -0.1) is 0 Å². The van der Waals surface area contributed by atoms with Crippen molar-refractivity contribution in [2.45, 2.75) is 46.3 Å². The maximum absolute atomic E-state index is 6.50. The molecular weight excluding hydrogens is 504 g/mol. The molecule has 4 rings (SSSR count). The Morgan fingerprint density at radius 3 is 1.72 bits per heavy atom. The molecule has 0 saturated heterocycles. The molecule has 1 heterocycles. The van der Waals surface area contributed by atoms with Crippen LogP contribution in [0.5, 0.6) is 0 Å². The predicted octanol–water partition coefficient (Wildman–Crippen LogP) is 5.59. The summed E-state index contributed by atoms with van der Waals surface area (Å²) in [5, 5.41) is 4.06. The fourth-order valence-corrected chi connectivity index (χ4v) is 7.27. The molecule has 1 atom stereocenters. The zero-order chi connectivity index (χ0) is 21.4. The number of ether oxygens (including phenoxy) is 1. The van der Waals surface area contributed by atoms with Crippen LogP contribution in [0.1, 0.15) is 40.2 Å². The quantitative estimate of drug-likeness (QED) is 0.241. The summed E-state index contributed by atoms with van der Waals surface area (Å²) in [5.41, 5.74) is 0.832. The molecular formula is C28H34NOPPd. The van der Waals surface area contributed by atoms with Crippen molar-refractivity contribution in [3.05, 3.63) is 97.9 Å². The smallest absolute Gasteiger partial charge is 0.221 e. The minimum Gasteiger partial charge on any atom is -0.469 e. The second-order valence-corrected chi connectivity index (χ2v) is 12.0. The van der Waals surface area contributed by atoms with Crippen LogP contribution in [-0.4, -0.2) is 17.5 Å². The van der Waals surface area contributed by atoms with Gasteiger partial charge in [0.05, 0.1) is 19.5 Å². The van der Waals surface area contributed by atoms with Gasteiger partial charge in [0.25, 0.3) is 0 Å². The molecule has 3 aromatic carbocycles. The Bertz CT molecular complexity index is 1000. The van der Waals surface area contributed by atoms with Crippen LogP contribution in [0, 0.1) is 12.8 Å². The second kappa shape index (κ2) is 10.4. The Kier molecular flexibility index (Phi) is 8.64. The molecule has 3 aromatic rings. The van der Waals surface area contributed by atoms with Gasteiger partial charge in [0, 0.05) is 20.4 Å². The van der Waals surface area contributed by atoms with E-state index in [1.165, 1.54) is 15.9 Å². The molecule has 1 aliphatic rings. The predicted molar refractivity (Wildman–Crippen MR) is 138 cm³/mol. The fourth-order valence-electron chi connectivity index (χ4n) is 4.54. The maximum Gasteiger partial charge on any atom is 0.221 e. The zero-order valence-electron chi connectivity index (χ0n) is 19.8. The monoisotopic (exact) mass is 537 g/mol. The Hall–Kier alpha value is -1.78.